The second-order valence-corrected chi connectivity index (χ2v) is 5.53. The Morgan fingerprint density at radius 1 is 1.39 bits per heavy atom. The quantitative estimate of drug-likeness (QED) is 0.789. The molecule has 18 heavy (non-hydrogen) atoms. The minimum atomic E-state index is 0.424. The van der Waals surface area contributed by atoms with E-state index in [4.69, 9.17) is 4.74 Å². The zero-order valence-electron chi connectivity index (χ0n) is 11.3. The summed E-state index contributed by atoms with van der Waals surface area (Å²) in [5.74, 6) is 1.35. The Labute approximate surface area is 108 Å². The van der Waals surface area contributed by atoms with Gasteiger partial charge in [0.15, 0.2) is 0 Å². The minimum Gasteiger partial charge on any atom is -0.384 e. The maximum Gasteiger partial charge on any atom is 0.100 e. The number of aryl methyl sites for hydroxylation is 1. The second kappa shape index (κ2) is 4.97. The Bertz CT molecular complexity index is 413. The summed E-state index contributed by atoms with van der Waals surface area (Å²) in [7, 11) is 1.78. The first kappa shape index (κ1) is 12.1. The molecule has 2 aliphatic rings. The van der Waals surface area contributed by atoms with Gasteiger partial charge in [0.25, 0.3) is 0 Å². The number of nitrogens with zero attached hydrogens (tertiary/aromatic N) is 4. The molecule has 5 heteroatoms. The molecule has 0 aromatic carbocycles. The molecule has 1 aromatic rings. The average Bonchev–Trinajstić information content (AvgIpc) is 3.07. The Morgan fingerprint density at radius 3 is 2.89 bits per heavy atom. The standard InChI is InChI=1S/C13H22N4O/c1-3-17-13-11(9-18-2)7-16(6-10-4-5-10)8-12(13)14-15-17/h10-11H,3-9H2,1-2H3/t11-/m1/s1. The zero-order chi connectivity index (χ0) is 12.5. The van der Waals surface area contributed by atoms with Crippen LogP contribution in [0.1, 0.15) is 37.1 Å². The van der Waals surface area contributed by atoms with E-state index in [0.717, 1.165) is 37.9 Å². The first-order valence-electron chi connectivity index (χ1n) is 6.95. The fourth-order valence-electron chi connectivity index (χ4n) is 2.96. The molecule has 0 amide bonds. The highest BCUT2D eigenvalue weighted by Gasteiger charge is 2.33. The maximum atomic E-state index is 5.38. The summed E-state index contributed by atoms with van der Waals surface area (Å²) in [6.07, 6.45) is 2.81. The van der Waals surface area contributed by atoms with Crippen molar-refractivity contribution in [2.24, 2.45) is 5.92 Å². The van der Waals surface area contributed by atoms with Gasteiger partial charge in [0.05, 0.1) is 12.3 Å². The number of methoxy groups -OCH3 is 1. The lowest BCUT2D eigenvalue weighted by molar-refractivity contribution is 0.132. The monoisotopic (exact) mass is 250 g/mol. The van der Waals surface area contributed by atoms with Crippen LogP contribution in [0.5, 0.6) is 0 Å². The first-order chi connectivity index (χ1) is 8.81. The molecule has 1 aliphatic heterocycles. The number of ether oxygens (including phenoxy) is 1. The van der Waals surface area contributed by atoms with Crippen LogP contribution in [0.3, 0.4) is 0 Å². The normalized spacial score (nSPS) is 24.2. The van der Waals surface area contributed by atoms with Gasteiger partial charge < -0.3 is 4.74 Å². The Morgan fingerprint density at radius 2 is 2.22 bits per heavy atom. The van der Waals surface area contributed by atoms with Crippen LogP contribution in [0.25, 0.3) is 0 Å². The van der Waals surface area contributed by atoms with Crippen molar-refractivity contribution in [3.63, 3.8) is 0 Å². The van der Waals surface area contributed by atoms with E-state index in [0.29, 0.717) is 5.92 Å². The van der Waals surface area contributed by atoms with Gasteiger partial charge in [-0.25, -0.2) is 4.68 Å². The number of fused-ring (bicyclic) bond motifs is 1. The molecule has 0 radical (unpaired) electrons. The Hall–Kier alpha value is -0.940. The molecule has 0 bridgehead atoms. The summed E-state index contributed by atoms with van der Waals surface area (Å²) in [4.78, 5) is 2.53. The molecule has 0 unspecified atom stereocenters. The summed E-state index contributed by atoms with van der Waals surface area (Å²) in [6.45, 7) is 7.05. The summed E-state index contributed by atoms with van der Waals surface area (Å²) in [5.41, 5.74) is 2.46. The SMILES string of the molecule is CCn1nnc2c1[C@@H](COC)CN(CC1CC1)C2. The summed E-state index contributed by atoms with van der Waals surface area (Å²) >= 11 is 0. The van der Waals surface area contributed by atoms with Crippen molar-refractivity contribution >= 4 is 0 Å². The number of aromatic nitrogens is 3. The minimum absolute atomic E-state index is 0.424. The molecule has 0 saturated heterocycles. The van der Waals surface area contributed by atoms with Crippen LogP contribution < -0.4 is 0 Å². The molecular formula is C13H22N4O. The van der Waals surface area contributed by atoms with Crippen LogP contribution in [0.15, 0.2) is 0 Å². The van der Waals surface area contributed by atoms with Crippen LogP contribution in [0, 0.1) is 5.92 Å². The summed E-state index contributed by atoms with van der Waals surface area (Å²) in [6, 6.07) is 0. The van der Waals surface area contributed by atoms with E-state index >= 15 is 0 Å². The second-order valence-electron chi connectivity index (χ2n) is 5.53. The summed E-state index contributed by atoms with van der Waals surface area (Å²) in [5, 5.41) is 8.62. The molecule has 1 aromatic heterocycles. The van der Waals surface area contributed by atoms with E-state index in [1.165, 1.54) is 25.1 Å². The number of hydrogen-bond donors (Lipinski definition) is 0. The first-order valence-corrected chi connectivity index (χ1v) is 6.95. The van der Waals surface area contributed by atoms with Gasteiger partial charge in [-0.15, -0.1) is 5.10 Å². The van der Waals surface area contributed by atoms with Gasteiger partial charge in [-0.1, -0.05) is 5.21 Å². The molecule has 100 valence electrons. The molecular weight excluding hydrogens is 228 g/mol. The molecule has 1 aliphatic carbocycles. The number of rotatable bonds is 5. The van der Waals surface area contributed by atoms with Gasteiger partial charge in [-0.2, -0.15) is 0 Å². The molecule has 5 nitrogen and oxygen atoms in total. The van der Waals surface area contributed by atoms with Gasteiger partial charge in [0.2, 0.25) is 0 Å². The van der Waals surface area contributed by atoms with Gasteiger partial charge in [-0.3, -0.25) is 4.90 Å². The smallest absolute Gasteiger partial charge is 0.100 e. The van der Waals surface area contributed by atoms with E-state index in [-0.39, 0.29) is 0 Å². The molecule has 1 saturated carbocycles. The zero-order valence-corrected chi connectivity index (χ0v) is 11.3. The lowest BCUT2D eigenvalue weighted by Crippen LogP contribution is -2.37. The van der Waals surface area contributed by atoms with E-state index < -0.39 is 0 Å². The molecule has 0 spiro atoms. The summed E-state index contributed by atoms with van der Waals surface area (Å²) < 4.78 is 7.42. The van der Waals surface area contributed by atoms with Crippen LogP contribution in [-0.4, -0.2) is 46.7 Å². The fourth-order valence-corrected chi connectivity index (χ4v) is 2.96. The van der Waals surface area contributed by atoms with Crippen molar-refractivity contribution in [3.05, 3.63) is 11.4 Å². The van der Waals surface area contributed by atoms with Crippen molar-refractivity contribution < 1.29 is 4.74 Å². The highest BCUT2D eigenvalue weighted by atomic mass is 16.5. The van der Waals surface area contributed by atoms with Gasteiger partial charge in [0, 0.05) is 39.2 Å². The fraction of sp³-hybridized carbons (Fsp3) is 0.846. The lowest BCUT2D eigenvalue weighted by Gasteiger charge is -2.32. The number of hydrogen-bond acceptors (Lipinski definition) is 4. The third-order valence-electron chi connectivity index (χ3n) is 3.97. The predicted octanol–water partition coefficient (Wildman–Crippen LogP) is 1.25. The highest BCUT2D eigenvalue weighted by molar-refractivity contribution is 5.20. The topological polar surface area (TPSA) is 43.2 Å². The average molecular weight is 250 g/mol. The van der Waals surface area contributed by atoms with E-state index in [1.54, 1.807) is 7.11 Å². The molecule has 3 rings (SSSR count). The maximum absolute atomic E-state index is 5.38. The van der Waals surface area contributed by atoms with Gasteiger partial charge in [0.1, 0.15) is 5.69 Å². The van der Waals surface area contributed by atoms with Crippen LogP contribution >= 0.6 is 0 Å². The predicted molar refractivity (Wildman–Crippen MR) is 68.3 cm³/mol. The lowest BCUT2D eigenvalue weighted by atomic mass is 9.98. The van der Waals surface area contributed by atoms with Crippen molar-refractivity contribution in [2.45, 2.75) is 38.8 Å². The van der Waals surface area contributed by atoms with Crippen molar-refractivity contribution in [2.75, 3.05) is 26.8 Å². The molecule has 1 atom stereocenters. The molecule has 1 fully saturated rings. The van der Waals surface area contributed by atoms with Crippen LogP contribution in [0.4, 0.5) is 0 Å². The van der Waals surface area contributed by atoms with Crippen molar-refractivity contribution in [3.8, 4) is 0 Å². The highest BCUT2D eigenvalue weighted by Crippen LogP contribution is 2.33. The van der Waals surface area contributed by atoms with E-state index in [9.17, 15) is 0 Å². The largest absolute Gasteiger partial charge is 0.384 e. The van der Waals surface area contributed by atoms with Crippen molar-refractivity contribution in [1.82, 2.24) is 19.9 Å². The molecule has 0 N–H and O–H groups in total. The third kappa shape index (κ3) is 2.29. The van der Waals surface area contributed by atoms with Gasteiger partial charge >= 0.3 is 0 Å². The Balaban J connectivity index is 1.80. The third-order valence-corrected chi connectivity index (χ3v) is 3.97. The Kier molecular flexibility index (Phi) is 3.35. The van der Waals surface area contributed by atoms with Crippen LogP contribution in [-0.2, 0) is 17.8 Å². The van der Waals surface area contributed by atoms with Gasteiger partial charge in [-0.05, 0) is 25.7 Å². The van der Waals surface area contributed by atoms with Crippen molar-refractivity contribution in [1.29, 1.82) is 0 Å². The van der Waals surface area contributed by atoms with E-state index in [2.05, 4.69) is 22.1 Å². The van der Waals surface area contributed by atoms with Crippen LogP contribution in [0.2, 0.25) is 0 Å². The molecule has 2 heterocycles. The van der Waals surface area contributed by atoms with E-state index in [1.807, 2.05) is 4.68 Å².